The van der Waals surface area contributed by atoms with Crippen molar-refractivity contribution < 1.29 is 9.66 Å². The lowest BCUT2D eigenvalue weighted by Gasteiger charge is -2.07. The van der Waals surface area contributed by atoms with Gasteiger partial charge in [-0.1, -0.05) is 0 Å². The van der Waals surface area contributed by atoms with E-state index in [0.717, 1.165) is 0 Å². The first-order valence-corrected chi connectivity index (χ1v) is 3.92. The van der Waals surface area contributed by atoms with Gasteiger partial charge in [-0.15, -0.1) is 0 Å². The van der Waals surface area contributed by atoms with Gasteiger partial charge in [0.25, 0.3) is 5.69 Å². The average molecular weight is 180 g/mol. The maximum atomic E-state index is 10.4. The average Bonchev–Trinajstić information content (AvgIpc) is 2.03. The molecule has 0 aliphatic heterocycles. The largest absolute Gasteiger partial charge is 0.490 e. The number of rotatable bonds is 3. The van der Waals surface area contributed by atoms with E-state index in [9.17, 15) is 10.1 Å². The lowest BCUT2D eigenvalue weighted by Crippen LogP contribution is -2.05. The molecule has 0 aliphatic carbocycles. The molecule has 0 saturated heterocycles. The molecule has 0 N–H and O–H groups in total. The highest BCUT2D eigenvalue weighted by molar-refractivity contribution is 5.37. The molecule has 0 saturated carbocycles. The molecule has 4 heteroatoms. The van der Waals surface area contributed by atoms with Gasteiger partial charge in [-0.25, -0.2) is 0 Å². The number of hydrogen-bond acceptors (Lipinski definition) is 3. The molecule has 0 fully saturated rings. The van der Waals surface area contributed by atoms with Crippen molar-refractivity contribution in [2.75, 3.05) is 0 Å². The zero-order chi connectivity index (χ0) is 9.84. The van der Waals surface area contributed by atoms with Crippen molar-refractivity contribution in [3.63, 3.8) is 0 Å². The molecule has 1 aromatic rings. The predicted octanol–water partition coefficient (Wildman–Crippen LogP) is 2.18. The summed E-state index contributed by atoms with van der Waals surface area (Å²) in [7, 11) is 0. The summed E-state index contributed by atoms with van der Waals surface area (Å²) in [6.07, 6.45) is -0.00162. The fourth-order valence-corrected chi connectivity index (χ4v) is 0.869. The predicted molar refractivity (Wildman–Crippen MR) is 47.7 cm³/mol. The fraction of sp³-hybridized carbons (Fsp3) is 0.333. The molecule has 69 valence electrons. The Balaban J connectivity index is 2.85. The number of nitro benzene ring substituents is 1. The highest BCUT2D eigenvalue weighted by Gasteiger charge is 2.06. The monoisotopic (exact) mass is 180 g/mol. The van der Waals surface area contributed by atoms with Crippen LogP contribution >= 0.6 is 0 Å². The van der Waals surface area contributed by atoms with Gasteiger partial charge < -0.3 is 4.74 Å². The van der Waals surface area contributed by atoms with E-state index in [-0.39, 0.29) is 11.8 Å². The smallest absolute Gasteiger partial charge is 0.273 e. The second kappa shape index (κ2) is 3.89. The molecule has 0 spiro atoms. The van der Waals surface area contributed by atoms with Crippen molar-refractivity contribution in [3.8, 4) is 5.75 Å². The van der Waals surface area contributed by atoms with Crippen molar-refractivity contribution >= 4 is 5.69 Å². The summed E-state index contributed by atoms with van der Waals surface area (Å²) in [6.45, 7) is 3.71. The van der Waals surface area contributed by atoms with Gasteiger partial charge in [0.2, 0.25) is 0 Å². The van der Waals surface area contributed by atoms with E-state index in [4.69, 9.17) is 4.74 Å². The molecule has 1 radical (unpaired) electrons. The molecular formula is C9H10NO3. The van der Waals surface area contributed by atoms with Gasteiger partial charge in [0.05, 0.1) is 17.1 Å². The number of hydrogen-bond donors (Lipinski definition) is 0. The minimum Gasteiger partial charge on any atom is -0.490 e. The highest BCUT2D eigenvalue weighted by atomic mass is 16.6. The normalized spacial score (nSPS) is 10.1. The SMILES string of the molecule is CC(C)Oc1[c]ccc([N+](=O)[O-])c1. The van der Waals surface area contributed by atoms with E-state index in [1.807, 2.05) is 13.8 Å². The lowest BCUT2D eigenvalue weighted by molar-refractivity contribution is -0.384. The van der Waals surface area contributed by atoms with Crippen molar-refractivity contribution in [1.82, 2.24) is 0 Å². The summed E-state index contributed by atoms with van der Waals surface area (Å²) in [5.74, 6) is 0.407. The number of nitro groups is 1. The summed E-state index contributed by atoms with van der Waals surface area (Å²) in [5.41, 5.74) is 0.0226. The molecule has 1 aromatic carbocycles. The Bertz CT molecular complexity index is 309. The Morgan fingerprint density at radius 3 is 2.85 bits per heavy atom. The van der Waals surface area contributed by atoms with Crippen LogP contribution in [-0.4, -0.2) is 11.0 Å². The third-order valence-corrected chi connectivity index (χ3v) is 1.33. The van der Waals surface area contributed by atoms with Crippen molar-refractivity contribution in [3.05, 3.63) is 34.4 Å². The minimum atomic E-state index is -0.457. The Labute approximate surface area is 76.3 Å². The first kappa shape index (κ1) is 9.51. The lowest BCUT2D eigenvalue weighted by atomic mass is 10.3. The third kappa shape index (κ3) is 2.74. The van der Waals surface area contributed by atoms with E-state index in [1.165, 1.54) is 18.2 Å². The van der Waals surface area contributed by atoms with E-state index >= 15 is 0 Å². The van der Waals surface area contributed by atoms with Crippen LogP contribution in [-0.2, 0) is 0 Å². The standard InChI is InChI=1S/C9H10NO3/c1-7(2)13-9-5-3-4-8(6-9)10(11)12/h3-4,6-7H,1-2H3. The van der Waals surface area contributed by atoms with Crippen LogP contribution < -0.4 is 4.74 Å². The number of nitrogens with zero attached hydrogens (tertiary/aromatic N) is 1. The highest BCUT2D eigenvalue weighted by Crippen LogP contribution is 2.19. The zero-order valence-electron chi connectivity index (χ0n) is 7.48. The van der Waals surface area contributed by atoms with Crippen LogP contribution in [0.1, 0.15) is 13.8 Å². The van der Waals surface area contributed by atoms with Crippen molar-refractivity contribution in [2.45, 2.75) is 20.0 Å². The molecule has 0 atom stereocenters. The summed E-state index contributed by atoms with van der Waals surface area (Å²) in [4.78, 5) is 9.92. The maximum absolute atomic E-state index is 10.4. The van der Waals surface area contributed by atoms with Crippen LogP contribution in [0.15, 0.2) is 18.2 Å². The van der Waals surface area contributed by atoms with Gasteiger partial charge in [0.1, 0.15) is 5.75 Å². The third-order valence-electron chi connectivity index (χ3n) is 1.33. The number of non-ortho nitro benzene ring substituents is 1. The number of benzene rings is 1. The van der Waals surface area contributed by atoms with Gasteiger partial charge in [-0.3, -0.25) is 10.1 Å². The zero-order valence-corrected chi connectivity index (χ0v) is 7.48. The van der Waals surface area contributed by atoms with Gasteiger partial charge in [0, 0.05) is 12.1 Å². The molecule has 0 aromatic heterocycles. The van der Waals surface area contributed by atoms with Crippen LogP contribution in [0.3, 0.4) is 0 Å². The molecule has 0 amide bonds. The fourth-order valence-electron chi connectivity index (χ4n) is 0.869. The molecule has 0 bridgehead atoms. The molecular weight excluding hydrogens is 170 g/mol. The summed E-state index contributed by atoms with van der Waals surface area (Å²) in [6, 6.07) is 6.99. The first-order valence-electron chi connectivity index (χ1n) is 3.92. The van der Waals surface area contributed by atoms with Gasteiger partial charge in [-0.05, 0) is 19.9 Å². The van der Waals surface area contributed by atoms with Gasteiger partial charge >= 0.3 is 0 Å². The topological polar surface area (TPSA) is 52.4 Å². The summed E-state index contributed by atoms with van der Waals surface area (Å²) >= 11 is 0. The molecule has 0 aliphatic rings. The van der Waals surface area contributed by atoms with Crippen LogP contribution in [0.5, 0.6) is 5.75 Å². The molecule has 13 heavy (non-hydrogen) atoms. The van der Waals surface area contributed by atoms with Crippen LogP contribution in [0, 0.1) is 16.2 Å². The molecule has 0 heterocycles. The maximum Gasteiger partial charge on any atom is 0.273 e. The Morgan fingerprint density at radius 2 is 2.31 bits per heavy atom. The van der Waals surface area contributed by atoms with Gasteiger partial charge in [-0.2, -0.15) is 0 Å². The first-order chi connectivity index (χ1) is 6.09. The Morgan fingerprint density at radius 1 is 1.62 bits per heavy atom. The number of ether oxygens (including phenoxy) is 1. The second-order valence-corrected chi connectivity index (χ2v) is 2.83. The molecule has 4 nitrogen and oxygen atoms in total. The van der Waals surface area contributed by atoms with Crippen LogP contribution in [0.2, 0.25) is 0 Å². The van der Waals surface area contributed by atoms with E-state index in [2.05, 4.69) is 6.07 Å². The van der Waals surface area contributed by atoms with E-state index in [1.54, 1.807) is 0 Å². The van der Waals surface area contributed by atoms with Crippen molar-refractivity contribution in [2.24, 2.45) is 0 Å². The summed E-state index contributed by atoms with van der Waals surface area (Å²) < 4.78 is 5.24. The van der Waals surface area contributed by atoms with Gasteiger partial charge in [0.15, 0.2) is 0 Å². The minimum absolute atomic E-state index is 0.00162. The second-order valence-electron chi connectivity index (χ2n) is 2.83. The van der Waals surface area contributed by atoms with Crippen LogP contribution in [0.25, 0.3) is 0 Å². The Hall–Kier alpha value is -1.58. The molecule has 0 unspecified atom stereocenters. The van der Waals surface area contributed by atoms with E-state index in [0.29, 0.717) is 5.75 Å². The quantitative estimate of drug-likeness (QED) is 0.529. The van der Waals surface area contributed by atoms with Crippen LogP contribution in [0.4, 0.5) is 5.69 Å². The van der Waals surface area contributed by atoms with Crippen molar-refractivity contribution in [1.29, 1.82) is 0 Å². The Kier molecular flexibility index (Phi) is 2.84. The van der Waals surface area contributed by atoms with E-state index < -0.39 is 4.92 Å². The molecule has 1 rings (SSSR count). The summed E-state index contributed by atoms with van der Waals surface area (Å²) in [5, 5.41) is 10.4.